The summed E-state index contributed by atoms with van der Waals surface area (Å²) in [7, 11) is 1.31. The molecule has 0 aromatic rings. The molecule has 1 saturated carbocycles. The van der Waals surface area contributed by atoms with Gasteiger partial charge in [-0.05, 0) is 38.1 Å². The van der Waals surface area contributed by atoms with Crippen LogP contribution in [0, 0.1) is 5.41 Å². The molecule has 1 rings (SSSR count). The second-order valence-electron chi connectivity index (χ2n) is 5.89. The molecule has 0 aromatic heterocycles. The molecule has 0 heterocycles. The Morgan fingerprint density at radius 3 is 2.62 bits per heavy atom. The second-order valence-corrected chi connectivity index (χ2v) is 7.96. The fourth-order valence-electron chi connectivity index (χ4n) is 2.56. The van der Waals surface area contributed by atoms with Gasteiger partial charge in [-0.2, -0.15) is 0 Å². The van der Waals surface area contributed by atoms with Crippen molar-refractivity contribution in [2.45, 2.75) is 69.9 Å². The Labute approximate surface area is 103 Å². The molecule has 4 unspecified atom stereocenters. The Kier molecular flexibility index (Phi) is 4.99. The highest BCUT2D eigenvalue weighted by molar-refractivity contribution is 7.86. The number of rotatable bonds is 4. The van der Waals surface area contributed by atoms with E-state index < -0.39 is 10.8 Å². The van der Waals surface area contributed by atoms with Crippen molar-refractivity contribution in [1.29, 1.82) is 0 Å². The van der Waals surface area contributed by atoms with Crippen molar-refractivity contribution in [1.82, 2.24) is 5.32 Å². The first-order valence-electron chi connectivity index (χ1n) is 6.48. The zero-order valence-corrected chi connectivity index (χ0v) is 12.2. The van der Waals surface area contributed by atoms with Gasteiger partial charge in [-0.1, -0.05) is 27.7 Å². The Morgan fingerprint density at radius 2 is 2.12 bits per heavy atom. The van der Waals surface area contributed by atoms with Crippen molar-refractivity contribution in [3.05, 3.63) is 0 Å². The summed E-state index contributed by atoms with van der Waals surface area (Å²) in [6.07, 6.45) is 4.51. The third-order valence-electron chi connectivity index (χ3n) is 3.98. The van der Waals surface area contributed by atoms with Crippen molar-refractivity contribution < 1.29 is 4.21 Å². The van der Waals surface area contributed by atoms with E-state index in [0.29, 0.717) is 22.0 Å². The van der Waals surface area contributed by atoms with Gasteiger partial charge >= 0.3 is 0 Å². The molecular weight excluding hydrogens is 218 g/mol. The lowest BCUT2D eigenvalue weighted by atomic mass is 9.75. The zero-order chi connectivity index (χ0) is 12.3. The van der Waals surface area contributed by atoms with Crippen molar-refractivity contribution in [3.63, 3.8) is 0 Å². The van der Waals surface area contributed by atoms with E-state index in [9.17, 15) is 4.21 Å². The monoisotopic (exact) mass is 245 g/mol. The van der Waals surface area contributed by atoms with E-state index in [-0.39, 0.29) is 0 Å². The minimum absolute atomic E-state index is 0.328. The lowest BCUT2D eigenvalue weighted by Crippen LogP contribution is -2.48. The molecule has 0 saturated heterocycles. The first-order valence-corrected chi connectivity index (χ1v) is 7.75. The van der Waals surface area contributed by atoms with Crippen LogP contribution in [0.25, 0.3) is 0 Å². The van der Waals surface area contributed by atoms with Gasteiger partial charge in [-0.25, -0.2) is 0 Å². The smallest absolute Gasteiger partial charge is 0.0508 e. The summed E-state index contributed by atoms with van der Waals surface area (Å²) in [6, 6.07) is 0.447. The van der Waals surface area contributed by atoms with E-state index in [4.69, 9.17) is 0 Å². The Hall–Kier alpha value is 0.110. The normalized spacial score (nSPS) is 33.3. The summed E-state index contributed by atoms with van der Waals surface area (Å²) in [4.78, 5) is 0. The summed E-state index contributed by atoms with van der Waals surface area (Å²) in [5, 5.41) is 4.02. The second kappa shape index (κ2) is 5.63. The van der Waals surface area contributed by atoms with Crippen LogP contribution in [-0.2, 0) is 10.8 Å². The molecule has 0 radical (unpaired) electrons. The van der Waals surface area contributed by atoms with Crippen LogP contribution in [0.3, 0.4) is 0 Å². The topological polar surface area (TPSA) is 29.1 Å². The summed E-state index contributed by atoms with van der Waals surface area (Å²) >= 11 is 0. The highest BCUT2D eigenvalue weighted by Crippen LogP contribution is 2.38. The molecule has 0 bridgehead atoms. The Bertz CT molecular complexity index is 252. The lowest BCUT2D eigenvalue weighted by Gasteiger charge is -2.41. The largest absolute Gasteiger partial charge is 0.316 e. The summed E-state index contributed by atoms with van der Waals surface area (Å²) in [5.41, 5.74) is 0.362. The molecule has 0 amide bonds. The molecule has 16 heavy (non-hydrogen) atoms. The van der Waals surface area contributed by atoms with Crippen LogP contribution in [0.5, 0.6) is 0 Å². The van der Waals surface area contributed by atoms with Gasteiger partial charge in [0.2, 0.25) is 0 Å². The molecule has 4 atom stereocenters. The van der Waals surface area contributed by atoms with E-state index in [1.165, 1.54) is 6.42 Å². The summed E-state index contributed by atoms with van der Waals surface area (Å²) in [6.45, 7) is 8.86. The number of hydrogen-bond donors (Lipinski definition) is 1. The first-order chi connectivity index (χ1) is 7.41. The highest BCUT2D eigenvalue weighted by Gasteiger charge is 2.38. The first kappa shape index (κ1) is 14.2. The van der Waals surface area contributed by atoms with Crippen LogP contribution in [0.2, 0.25) is 0 Å². The number of hydrogen-bond acceptors (Lipinski definition) is 2. The van der Waals surface area contributed by atoms with Gasteiger partial charge in [-0.3, -0.25) is 4.21 Å². The minimum Gasteiger partial charge on any atom is -0.316 e. The molecule has 96 valence electrons. The average Bonchev–Trinajstić information content (AvgIpc) is 2.26. The highest BCUT2D eigenvalue weighted by atomic mass is 32.2. The van der Waals surface area contributed by atoms with Gasteiger partial charge in [0, 0.05) is 22.1 Å². The van der Waals surface area contributed by atoms with Gasteiger partial charge in [-0.15, -0.1) is 0 Å². The maximum absolute atomic E-state index is 12.5. The van der Waals surface area contributed by atoms with Crippen LogP contribution in [0.1, 0.15) is 53.4 Å². The van der Waals surface area contributed by atoms with E-state index in [1.807, 2.05) is 7.05 Å². The van der Waals surface area contributed by atoms with Crippen molar-refractivity contribution >= 4 is 10.8 Å². The van der Waals surface area contributed by atoms with Crippen LogP contribution in [-0.4, -0.2) is 27.8 Å². The van der Waals surface area contributed by atoms with Gasteiger partial charge in [0.25, 0.3) is 0 Å². The Balaban J connectivity index is 2.76. The van der Waals surface area contributed by atoms with Crippen LogP contribution in [0.4, 0.5) is 0 Å². The van der Waals surface area contributed by atoms with E-state index >= 15 is 0 Å². The predicted molar refractivity (Wildman–Crippen MR) is 72.2 cm³/mol. The Morgan fingerprint density at radius 1 is 1.50 bits per heavy atom. The molecule has 2 nitrogen and oxygen atoms in total. The summed E-state index contributed by atoms with van der Waals surface area (Å²) < 4.78 is 12.5. The third-order valence-corrected chi connectivity index (χ3v) is 6.19. The summed E-state index contributed by atoms with van der Waals surface area (Å²) in [5.74, 6) is 0. The maximum Gasteiger partial charge on any atom is 0.0508 e. The fourth-order valence-corrected chi connectivity index (χ4v) is 4.69. The maximum atomic E-state index is 12.5. The SMILES string of the molecule is CCC(C)S(=O)C1CC(C)(C)CCC1NC. The van der Waals surface area contributed by atoms with E-state index in [1.54, 1.807) is 0 Å². The molecule has 1 fully saturated rings. The van der Waals surface area contributed by atoms with Crippen LogP contribution < -0.4 is 5.32 Å². The molecule has 0 aliphatic heterocycles. The average molecular weight is 245 g/mol. The molecule has 1 aliphatic carbocycles. The van der Waals surface area contributed by atoms with Gasteiger partial charge in [0.15, 0.2) is 0 Å². The van der Waals surface area contributed by atoms with Gasteiger partial charge in [0.1, 0.15) is 0 Å². The molecule has 3 heteroatoms. The standard InChI is InChI=1S/C13H27NOS/c1-6-10(2)16(15)12-9-13(3,4)8-7-11(12)14-5/h10-12,14H,6-9H2,1-5H3. The quantitative estimate of drug-likeness (QED) is 0.825. The molecule has 1 aliphatic rings. The fraction of sp³-hybridized carbons (Fsp3) is 1.00. The third kappa shape index (κ3) is 3.30. The lowest BCUT2D eigenvalue weighted by molar-refractivity contribution is 0.216. The van der Waals surface area contributed by atoms with Gasteiger partial charge < -0.3 is 5.32 Å². The van der Waals surface area contributed by atoms with Crippen molar-refractivity contribution in [3.8, 4) is 0 Å². The van der Waals surface area contributed by atoms with Crippen LogP contribution in [0.15, 0.2) is 0 Å². The predicted octanol–water partition coefficient (Wildman–Crippen LogP) is 2.70. The van der Waals surface area contributed by atoms with Gasteiger partial charge in [0.05, 0.1) is 5.25 Å². The zero-order valence-electron chi connectivity index (χ0n) is 11.4. The van der Waals surface area contributed by atoms with E-state index in [0.717, 1.165) is 19.3 Å². The number of nitrogens with one attached hydrogen (secondary N) is 1. The molecule has 0 aromatic carbocycles. The molecular formula is C13H27NOS. The molecule has 0 spiro atoms. The van der Waals surface area contributed by atoms with Crippen molar-refractivity contribution in [2.75, 3.05) is 7.05 Å². The minimum atomic E-state index is -0.690. The van der Waals surface area contributed by atoms with E-state index in [2.05, 4.69) is 33.0 Å². The molecule has 1 N–H and O–H groups in total. The van der Waals surface area contributed by atoms with Crippen molar-refractivity contribution in [2.24, 2.45) is 5.41 Å². The van der Waals surface area contributed by atoms with Crippen LogP contribution >= 0.6 is 0 Å².